The third-order valence-corrected chi connectivity index (χ3v) is 4.48. The van der Waals surface area contributed by atoms with Crippen LogP contribution in [0.15, 0.2) is 53.0 Å². The minimum absolute atomic E-state index is 0.126. The van der Waals surface area contributed by atoms with Crippen molar-refractivity contribution in [2.75, 3.05) is 11.4 Å². The van der Waals surface area contributed by atoms with E-state index in [2.05, 4.69) is 15.9 Å². The number of rotatable bonds is 3. The van der Waals surface area contributed by atoms with Gasteiger partial charge in [0.25, 0.3) is 0 Å². The van der Waals surface area contributed by atoms with E-state index in [1.54, 1.807) is 42.5 Å². The minimum atomic E-state index is -0.498. The Morgan fingerprint density at radius 2 is 1.87 bits per heavy atom. The van der Waals surface area contributed by atoms with Crippen molar-refractivity contribution in [3.8, 4) is 5.75 Å². The highest BCUT2D eigenvalue weighted by atomic mass is 79.9. The lowest BCUT2D eigenvalue weighted by molar-refractivity contribution is -0.139. The lowest BCUT2D eigenvalue weighted by Gasteiger charge is -2.17. The Morgan fingerprint density at radius 1 is 1.17 bits per heavy atom. The zero-order valence-electron chi connectivity index (χ0n) is 12.0. The van der Waals surface area contributed by atoms with Crippen molar-refractivity contribution in [1.29, 1.82) is 0 Å². The van der Waals surface area contributed by atoms with Gasteiger partial charge in [-0.2, -0.15) is 0 Å². The highest BCUT2D eigenvalue weighted by Crippen LogP contribution is 2.31. The third kappa shape index (κ3) is 3.57. The van der Waals surface area contributed by atoms with E-state index in [-0.39, 0.29) is 18.9 Å². The summed E-state index contributed by atoms with van der Waals surface area (Å²) in [5, 5.41) is 0.489. The fourth-order valence-corrected chi connectivity index (χ4v) is 2.97. The van der Waals surface area contributed by atoms with Crippen LogP contribution in [0.3, 0.4) is 0 Å². The maximum atomic E-state index is 12.3. The van der Waals surface area contributed by atoms with Crippen molar-refractivity contribution in [3.63, 3.8) is 0 Å². The molecule has 118 valence electrons. The molecule has 1 unspecified atom stereocenters. The summed E-state index contributed by atoms with van der Waals surface area (Å²) < 4.78 is 6.25. The fraction of sp³-hybridized carbons (Fsp3) is 0.176. The first-order chi connectivity index (χ1) is 11.0. The molecule has 1 aliphatic rings. The maximum absolute atomic E-state index is 12.3. The van der Waals surface area contributed by atoms with Crippen LogP contribution in [0.25, 0.3) is 0 Å². The normalized spacial score (nSPS) is 17.4. The van der Waals surface area contributed by atoms with E-state index in [1.807, 2.05) is 6.07 Å². The van der Waals surface area contributed by atoms with Gasteiger partial charge in [-0.05, 0) is 36.4 Å². The Morgan fingerprint density at radius 3 is 2.57 bits per heavy atom. The van der Waals surface area contributed by atoms with Gasteiger partial charge in [-0.15, -0.1) is 0 Å². The Hall–Kier alpha value is -1.85. The summed E-state index contributed by atoms with van der Waals surface area (Å²) in [4.78, 5) is 26.0. The van der Waals surface area contributed by atoms with Crippen LogP contribution in [0, 0.1) is 5.92 Å². The van der Waals surface area contributed by atoms with Gasteiger partial charge in [0.2, 0.25) is 5.91 Å². The summed E-state index contributed by atoms with van der Waals surface area (Å²) in [6, 6.07) is 14.1. The molecule has 3 rings (SSSR count). The molecule has 1 fully saturated rings. The number of carbonyl (C=O) groups excluding carboxylic acids is 2. The molecule has 0 N–H and O–H groups in total. The van der Waals surface area contributed by atoms with E-state index < -0.39 is 11.9 Å². The molecule has 0 radical (unpaired) electrons. The van der Waals surface area contributed by atoms with Crippen LogP contribution in [-0.2, 0) is 9.59 Å². The van der Waals surface area contributed by atoms with Gasteiger partial charge in [-0.3, -0.25) is 9.59 Å². The molecule has 4 nitrogen and oxygen atoms in total. The van der Waals surface area contributed by atoms with Gasteiger partial charge in [0.1, 0.15) is 5.75 Å². The number of hydrogen-bond acceptors (Lipinski definition) is 3. The van der Waals surface area contributed by atoms with Crippen LogP contribution in [0.2, 0.25) is 5.02 Å². The molecular weight excluding hydrogens is 382 g/mol. The van der Waals surface area contributed by atoms with Gasteiger partial charge in [0.05, 0.1) is 16.6 Å². The zero-order valence-corrected chi connectivity index (χ0v) is 14.4. The zero-order chi connectivity index (χ0) is 16.4. The van der Waals surface area contributed by atoms with Gasteiger partial charge in [0, 0.05) is 17.4 Å². The molecular formula is C17H13BrClNO3. The molecule has 0 aromatic heterocycles. The molecule has 1 saturated heterocycles. The maximum Gasteiger partial charge on any atom is 0.316 e. The second-order valence-corrected chi connectivity index (χ2v) is 6.55. The van der Waals surface area contributed by atoms with Crippen LogP contribution in [0.1, 0.15) is 6.42 Å². The van der Waals surface area contributed by atoms with Crippen LogP contribution >= 0.6 is 27.5 Å². The van der Waals surface area contributed by atoms with Crippen LogP contribution in [0.4, 0.5) is 5.69 Å². The number of hydrogen-bond donors (Lipinski definition) is 0. The molecule has 0 spiro atoms. The van der Waals surface area contributed by atoms with Gasteiger partial charge in [0.15, 0.2) is 0 Å². The first-order valence-corrected chi connectivity index (χ1v) is 8.24. The third-order valence-electron chi connectivity index (χ3n) is 3.63. The van der Waals surface area contributed by atoms with Crippen molar-refractivity contribution in [1.82, 2.24) is 0 Å². The summed E-state index contributed by atoms with van der Waals surface area (Å²) in [6.07, 6.45) is 0.126. The number of anilines is 1. The largest absolute Gasteiger partial charge is 0.426 e. The van der Waals surface area contributed by atoms with E-state index in [1.165, 1.54) is 4.90 Å². The fourth-order valence-electron chi connectivity index (χ4n) is 2.47. The number of halogens is 2. The van der Waals surface area contributed by atoms with E-state index in [9.17, 15) is 9.59 Å². The van der Waals surface area contributed by atoms with Gasteiger partial charge in [-0.1, -0.05) is 39.7 Å². The number of carbonyl (C=O) groups is 2. The van der Waals surface area contributed by atoms with Crippen LogP contribution in [-0.4, -0.2) is 18.4 Å². The van der Waals surface area contributed by atoms with E-state index in [0.717, 1.165) is 4.47 Å². The Labute approximate surface area is 147 Å². The number of benzene rings is 2. The summed E-state index contributed by atoms with van der Waals surface area (Å²) in [5.41, 5.74) is 0.623. The molecule has 1 atom stereocenters. The predicted molar refractivity (Wildman–Crippen MR) is 91.7 cm³/mol. The summed E-state index contributed by atoms with van der Waals surface area (Å²) in [7, 11) is 0. The van der Waals surface area contributed by atoms with Gasteiger partial charge < -0.3 is 9.64 Å². The molecule has 0 aliphatic carbocycles. The first-order valence-electron chi connectivity index (χ1n) is 7.07. The summed E-state index contributed by atoms with van der Waals surface area (Å²) in [6.45, 7) is 0.276. The number of para-hydroxylation sites is 1. The van der Waals surface area contributed by atoms with Crippen LogP contribution < -0.4 is 9.64 Å². The standard InChI is InChI=1S/C17H13BrClNO3/c18-12-5-7-13(8-6-12)23-17(22)11-9-16(21)20(10-11)15-4-2-1-3-14(15)19/h1-8,11H,9-10H2. The van der Waals surface area contributed by atoms with Crippen LogP contribution in [0.5, 0.6) is 5.75 Å². The number of ether oxygens (including phenoxy) is 1. The molecule has 0 saturated carbocycles. The molecule has 1 aliphatic heterocycles. The summed E-state index contributed by atoms with van der Waals surface area (Å²) >= 11 is 9.45. The molecule has 1 amide bonds. The Kier molecular flexibility index (Phi) is 4.68. The van der Waals surface area contributed by atoms with Crippen molar-refractivity contribution in [2.45, 2.75) is 6.42 Å². The van der Waals surface area contributed by atoms with E-state index >= 15 is 0 Å². The monoisotopic (exact) mass is 393 g/mol. The van der Waals surface area contributed by atoms with Crippen molar-refractivity contribution >= 4 is 45.1 Å². The van der Waals surface area contributed by atoms with Crippen molar-refractivity contribution < 1.29 is 14.3 Å². The molecule has 23 heavy (non-hydrogen) atoms. The smallest absolute Gasteiger partial charge is 0.316 e. The highest BCUT2D eigenvalue weighted by molar-refractivity contribution is 9.10. The summed E-state index contributed by atoms with van der Waals surface area (Å²) in [5.74, 6) is -0.574. The second kappa shape index (κ2) is 6.72. The van der Waals surface area contributed by atoms with E-state index in [0.29, 0.717) is 16.5 Å². The second-order valence-electron chi connectivity index (χ2n) is 5.23. The Balaban J connectivity index is 1.71. The highest BCUT2D eigenvalue weighted by Gasteiger charge is 2.37. The topological polar surface area (TPSA) is 46.6 Å². The average molecular weight is 395 g/mol. The van der Waals surface area contributed by atoms with Crippen molar-refractivity contribution in [3.05, 3.63) is 58.0 Å². The van der Waals surface area contributed by atoms with E-state index in [4.69, 9.17) is 16.3 Å². The predicted octanol–water partition coefficient (Wildman–Crippen LogP) is 4.06. The number of esters is 1. The molecule has 0 bridgehead atoms. The molecule has 2 aromatic rings. The average Bonchev–Trinajstić information content (AvgIpc) is 2.92. The molecule has 6 heteroatoms. The molecule has 1 heterocycles. The van der Waals surface area contributed by atoms with Crippen molar-refractivity contribution in [2.24, 2.45) is 5.92 Å². The minimum Gasteiger partial charge on any atom is -0.426 e. The number of amides is 1. The molecule has 2 aromatic carbocycles. The van der Waals surface area contributed by atoms with Gasteiger partial charge >= 0.3 is 5.97 Å². The Bertz CT molecular complexity index is 748. The quantitative estimate of drug-likeness (QED) is 0.582. The number of nitrogens with zero attached hydrogens (tertiary/aromatic N) is 1. The lowest BCUT2D eigenvalue weighted by atomic mass is 10.1. The SMILES string of the molecule is O=C(Oc1ccc(Br)cc1)C1CC(=O)N(c2ccccc2Cl)C1. The van der Waals surface area contributed by atoms with Gasteiger partial charge in [-0.25, -0.2) is 0 Å². The lowest BCUT2D eigenvalue weighted by Crippen LogP contribution is -2.27. The first kappa shape index (κ1) is 16.0.